The van der Waals surface area contributed by atoms with E-state index in [-0.39, 0.29) is 19.5 Å². The topological polar surface area (TPSA) is 117 Å². The van der Waals surface area contributed by atoms with Gasteiger partial charge in [0.1, 0.15) is 0 Å². The van der Waals surface area contributed by atoms with Gasteiger partial charge in [-0.3, -0.25) is 9.59 Å². The van der Waals surface area contributed by atoms with E-state index in [1.165, 1.54) is 0 Å². The van der Waals surface area contributed by atoms with Gasteiger partial charge in [-0.15, -0.1) is 0 Å². The molecular formula is C29H63O11P3Ru. The molecule has 15 heteroatoms. The van der Waals surface area contributed by atoms with Crippen molar-refractivity contribution in [3.63, 3.8) is 0 Å². The summed E-state index contributed by atoms with van der Waals surface area (Å²) in [7, 11) is -3.23. The Morgan fingerprint density at radius 1 is 0.295 bits per heavy atom. The second-order valence-electron chi connectivity index (χ2n) is 8.17. The van der Waals surface area contributed by atoms with Gasteiger partial charge in [-0.25, -0.2) is 0 Å². The molecule has 268 valence electrons. The maximum atomic E-state index is 7.50. The molecule has 0 aromatic rings. The van der Waals surface area contributed by atoms with Crippen LogP contribution < -0.4 is 0 Å². The third-order valence-corrected chi connectivity index (χ3v) is 7.15. The molecule has 0 aliphatic heterocycles. The van der Waals surface area contributed by atoms with Crippen LogP contribution in [0, 0.1) is 0 Å². The average Bonchev–Trinajstić information content (AvgIpc) is 3.06. The van der Waals surface area contributed by atoms with E-state index in [1.54, 1.807) is 0 Å². The van der Waals surface area contributed by atoms with Crippen LogP contribution in [-0.4, -0.2) is 73.0 Å². The molecule has 0 amide bonds. The van der Waals surface area contributed by atoms with Crippen molar-refractivity contribution in [1.82, 2.24) is 0 Å². The molecule has 0 aliphatic rings. The van der Waals surface area contributed by atoms with Gasteiger partial charge in [-0.05, 0) is 57.8 Å². The van der Waals surface area contributed by atoms with Crippen LogP contribution in [0.5, 0.6) is 0 Å². The fourth-order valence-electron chi connectivity index (χ4n) is 1.83. The summed E-state index contributed by atoms with van der Waals surface area (Å²) in [6.07, 6.45) is 9.03. The van der Waals surface area contributed by atoms with Gasteiger partial charge >= 0.3 is 25.8 Å². The van der Waals surface area contributed by atoms with Crippen LogP contribution in [0.3, 0.4) is 0 Å². The van der Waals surface area contributed by atoms with Crippen molar-refractivity contribution in [1.29, 1.82) is 0 Å². The molecular weight excluding hydrogens is 718 g/mol. The molecule has 0 aliphatic carbocycles. The van der Waals surface area contributed by atoms with E-state index < -0.39 is 25.8 Å². The summed E-state index contributed by atoms with van der Waals surface area (Å²) in [4.78, 5) is 15.0. The van der Waals surface area contributed by atoms with E-state index in [0.29, 0.717) is 0 Å². The van der Waals surface area contributed by atoms with Gasteiger partial charge in [0.25, 0.3) is 13.6 Å². The predicted molar refractivity (Wildman–Crippen MR) is 178 cm³/mol. The predicted octanol–water partition coefficient (Wildman–Crippen LogP) is 9.68. The van der Waals surface area contributed by atoms with Crippen LogP contribution in [0.4, 0.5) is 0 Å². The zero-order valence-corrected chi connectivity index (χ0v) is 33.3. The number of hydrogen-bond donors (Lipinski definition) is 0. The van der Waals surface area contributed by atoms with Gasteiger partial charge in [0, 0.05) is 19.5 Å². The smallest absolute Gasteiger partial charge is 0.312 e. The van der Waals surface area contributed by atoms with Gasteiger partial charge in [0.2, 0.25) is 0 Å². The largest absolute Gasteiger partial charge is 0.332 e. The Bertz CT molecular complexity index is 339. The average molecular weight is 782 g/mol. The minimum atomic E-state index is -1.08. The summed E-state index contributed by atoms with van der Waals surface area (Å²) in [6, 6.07) is 0. The van der Waals surface area contributed by atoms with E-state index in [0.717, 1.165) is 117 Å². The van der Waals surface area contributed by atoms with Crippen molar-refractivity contribution < 1.29 is 69.8 Å². The third kappa shape index (κ3) is 55.3. The maximum Gasteiger partial charge on any atom is 0.332 e. The first-order valence-electron chi connectivity index (χ1n) is 15.5. The first-order chi connectivity index (χ1) is 21.0. The van der Waals surface area contributed by atoms with Crippen LogP contribution in [0.1, 0.15) is 120 Å². The van der Waals surface area contributed by atoms with Crippen molar-refractivity contribution in [2.24, 2.45) is 0 Å². The van der Waals surface area contributed by atoms with Crippen LogP contribution in [0.2, 0.25) is 0 Å². The van der Waals surface area contributed by atoms with Crippen molar-refractivity contribution in [3.8, 4) is 0 Å². The molecule has 0 atom stereocenters. The molecule has 0 fully saturated rings. The molecule has 0 aromatic heterocycles. The molecule has 0 aromatic carbocycles. The Morgan fingerprint density at radius 3 is 0.455 bits per heavy atom. The second kappa shape index (κ2) is 59.3. The summed E-state index contributed by atoms with van der Waals surface area (Å²) >= 11 is 0. The molecule has 0 spiro atoms. The number of rotatable bonds is 27. The van der Waals surface area contributed by atoms with Gasteiger partial charge in [0.05, 0.1) is 59.5 Å². The van der Waals surface area contributed by atoms with Crippen molar-refractivity contribution in [2.45, 2.75) is 120 Å². The zero-order chi connectivity index (χ0) is 33.8. The van der Waals surface area contributed by atoms with Crippen molar-refractivity contribution in [2.75, 3.05) is 59.5 Å². The molecule has 0 saturated carbocycles. The van der Waals surface area contributed by atoms with Crippen LogP contribution in [-0.2, 0) is 69.8 Å². The molecule has 0 saturated heterocycles. The molecule has 4 radical (unpaired) electrons. The fraction of sp³-hybridized carbons (Fsp3) is 0.931. The van der Waals surface area contributed by atoms with E-state index in [2.05, 4.69) is 75.9 Å². The van der Waals surface area contributed by atoms with Gasteiger partial charge in [0.15, 0.2) is 0 Å². The molecule has 0 bridgehead atoms. The van der Waals surface area contributed by atoms with E-state index in [4.69, 9.17) is 50.3 Å². The molecule has 44 heavy (non-hydrogen) atoms. The first-order valence-corrected chi connectivity index (χ1v) is 18.8. The Hall–Kier alpha value is 0.893. The minimum absolute atomic E-state index is 0. The summed E-state index contributed by atoms with van der Waals surface area (Å²) < 4.78 is 48.7. The third-order valence-electron chi connectivity index (χ3n) is 3.61. The number of carbonyl (C=O) groups excluding carboxylic acids is 2. The Balaban J connectivity index is -0.000000115. The quantitative estimate of drug-likeness (QED) is 0.0586. The van der Waals surface area contributed by atoms with Crippen LogP contribution in [0.25, 0.3) is 0 Å². The van der Waals surface area contributed by atoms with E-state index in [9.17, 15) is 0 Å². The summed E-state index contributed by atoms with van der Waals surface area (Å²) in [5.41, 5.74) is 0. The Labute approximate surface area is 287 Å². The summed E-state index contributed by atoms with van der Waals surface area (Å²) in [5.74, 6) is 0. The maximum absolute atomic E-state index is 7.50. The summed E-state index contributed by atoms with van der Waals surface area (Å²) in [6.45, 7) is 34.2. The van der Waals surface area contributed by atoms with Crippen molar-refractivity contribution in [3.05, 3.63) is 0 Å². The van der Waals surface area contributed by atoms with Crippen LogP contribution in [0.15, 0.2) is 0 Å². The van der Waals surface area contributed by atoms with E-state index >= 15 is 0 Å². The molecule has 0 unspecified atom stereocenters. The molecule has 0 N–H and O–H groups in total. The Morgan fingerprint density at radius 2 is 0.386 bits per heavy atom. The zero-order valence-electron chi connectivity index (χ0n) is 28.9. The van der Waals surface area contributed by atoms with Gasteiger partial charge in [-0.1, -0.05) is 62.3 Å². The molecule has 0 rings (SSSR count). The van der Waals surface area contributed by atoms with E-state index in [1.807, 2.05) is 0 Å². The van der Waals surface area contributed by atoms with Gasteiger partial charge < -0.3 is 40.7 Å². The Kier molecular flexibility index (Phi) is 77.1. The first kappa shape index (κ1) is 57.2. The standard InChI is InChI=1S/3C9H21O3P.2CO.Ru/c3*1-4-7-10-13(11-8-5-2)12-9-6-3;2*1-2;/h3*4-9H2,1-3H3;;;. The van der Waals surface area contributed by atoms with Crippen molar-refractivity contribution >= 4 is 39.4 Å². The fourth-order valence-corrected chi connectivity index (χ4v) is 5.48. The number of hydrogen-bond acceptors (Lipinski definition) is 11. The van der Waals surface area contributed by atoms with Crippen LogP contribution >= 0.6 is 25.8 Å². The second-order valence-corrected chi connectivity index (χ2v) is 11.8. The molecule has 11 nitrogen and oxygen atoms in total. The molecule has 0 heterocycles. The normalized spacial score (nSPS) is 10.0. The van der Waals surface area contributed by atoms with Gasteiger partial charge in [-0.2, -0.15) is 0 Å². The minimum Gasteiger partial charge on any atom is -0.312 e. The monoisotopic (exact) mass is 782 g/mol. The SMILES string of the molecule is CCCOP(OCCC)OCCC.CCCOP(OCCC)OCCC.CCCOP(OCCC)OCCC.[C]=O.[C]=O.[Ru]. The summed E-state index contributed by atoms with van der Waals surface area (Å²) in [5, 5.41) is 0.